The third kappa shape index (κ3) is 2.21. The first-order valence-electron chi connectivity index (χ1n) is 5.69. The molecule has 0 spiro atoms. The minimum absolute atomic E-state index is 0.160. The lowest BCUT2D eigenvalue weighted by Gasteiger charge is -2.37. The number of carbonyl (C=O) groups is 1. The summed E-state index contributed by atoms with van der Waals surface area (Å²) in [5.41, 5.74) is 0. The van der Waals surface area contributed by atoms with Gasteiger partial charge in [-0.1, -0.05) is 6.92 Å². The van der Waals surface area contributed by atoms with Gasteiger partial charge in [0, 0.05) is 6.54 Å². The predicted molar refractivity (Wildman–Crippen MR) is 64.4 cm³/mol. The molecule has 0 aromatic rings. The molecule has 5 unspecified atom stereocenters. The highest BCUT2D eigenvalue weighted by Gasteiger charge is 2.47. The number of rotatable bonds is 2. The maximum atomic E-state index is 11.4. The zero-order valence-corrected chi connectivity index (χ0v) is 10.6. The molecular formula is C10H16N2O5S. The zero-order chi connectivity index (χ0) is 13.4. The molecule has 0 radical (unpaired) electrons. The van der Waals surface area contributed by atoms with E-state index >= 15 is 0 Å². The SMILES string of the molecule is CC1CN(C2OC(CO)C(O)C2O)C(=S)NC1=O. The summed E-state index contributed by atoms with van der Waals surface area (Å²) in [5.74, 6) is -0.471. The number of aliphatic hydroxyl groups excluding tert-OH is 3. The van der Waals surface area contributed by atoms with Crippen LogP contribution in [0.25, 0.3) is 0 Å². The molecular weight excluding hydrogens is 260 g/mol. The van der Waals surface area contributed by atoms with Gasteiger partial charge in [-0.05, 0) is 12.2 Å². The predicted octanol–water partition coefficient (Wildman–Crippen LogP) is -2.22. The van der Waals surface area contributed by atoms with E-state index in [1.165, 1.54) is 4.90 Å². The highest BCUT2D eigenvalue weighted by Crippen LogP contribution is 2.26. The second-order valence-electron chi connectivity index (χ2n) is 4.58. The molecule has 0 aromatic heterocycles. The Labute approximate surface area is 109 Å². The molecule has 18 heavy (non-hydrogen) atoms. The number of thiocarbonyl (C=S) groups is 1. The lowest BCUT2D eigenvalue weighted by atomic mass is 10.1. The Kier molecular flexibility index (Phi) is 3.83. The smallest absolute Gasteiger partial charge is 0.230 e. The minimum atomic E-state index is -1.18. The summed E-state index contributed by atoms with van der Waals surface area (Å²) in [6, 6.07) is 0. The number of hydrogen-bond donors (Lipinski definition) is 4. The van der Waals surface area contributed by atoms with E-state index in [0.29, 0.717) is 6.54 Å². The lowest BCUT2D eigenvalue weighted by molar-refractivity contribution is -0.128. The summed E-state index contributed by atoms with van der Waals surface area (Å²) in [7, 11) is 0. The van der Waals surface area contributed by atoms with E-state index in [2.05, 4.69) is 5.32 Å². The number of hydrogen-bond acceptors (Lipinski definition) is 6. The second kappa shape index (κ2) is 5.06. The highest BCUT2D eigenvalue weighted by molar-refractivity contribution is 7.80. The first-order valence-corrected chi connectivity index (χ1v) is 6.10. The van der Waals surface area contributed by atoms with Crippen molar-refractivity contribution in [2.75, 3.05) is 13.2 Å². The summed E-state index contributed by atoms with van der Waals surface area (Å²) >= 11 is 5.02. The van der Waals surface area contributed by atoms with Crippen molar-refractivity contribution in [1.29, 1.82) is 0 Å². The van der Waals surface area contributed by atoms with Crippen molar-refractivity contribution in [2.24, 2.45) is 5.92 Å². The van der Waals surface area contributed by atoms with E-state index in [0.717, 1.165) is 0 Å². The van der Waals surface area contributed by atoms with Gasteiger partial charge in [-0.2, -0.15) is 0 Å². The Morgan fingerprint density at radius 2 is 2.17 bits per heavy atom. The third-order valence-electron chi connectivity index (χ3n) is 3.23. The summed E-state index contributed by atoms with van der Waals surface area (Å²) < 4.78 is 5.37. The molecule has 7 nitrogen and oxygen atoms in total. The van der Waals surface area contributed by atoms with E-state index < -0.39 is 31.1 Å². The Morgan fingerprint density at radius 1 is 1.50 bits per heavy atom. The first-order chi connectivity index (χ1) is 8.45. The molecule has 2 heterocycles. The normalized spacial score (nSPS) is 41.1. The summed E-state index contributed by atoms with van der Waals surface area (Å²) in [5, 5.41) is 31.2. The Balaban J connectivity index is 2.12. The van der Waals surface area contributed by atoms with E-state index in [1.807, 2.05) is 0 Å². The monoisotopic (exact) mass is 276 g/mol. The fourth-order valence-corrected chi connectivity index (χ4v) is 2.40. The van der Waals surface area contributed by atoms with Gasteiger partial charge in [0.25, 0.3) is 0 Å². The van der Waals surface area contributed by atoms with Crippen LogP contribution in [0, 0.1) is 5.92 Å². The van der Waals surface area contributed by atoms with Crippen molar-refractivity contribution in [3.63, 3.8) is 0 Å². The molecule has 2 aliphatic heterocycles. The molecule has 1 amide bonds. The first kappa shape index (κ1) is 13.6. The van der Waals surface area contributed by atoms with Crippen LogP contribution in [0.15, 0.2) is 0 Å². The molecule has 2 fully saturated rings. The van der Waals surface area contributed by atoms with Gasteiger partial charge < -0.3 is 30.3 Å². The maximum absolute atomic E-state index is 11.4. The summed E-state index contributed by atoms with van der Waals surface area (Å²) in [6.45, 7) is 1.64. The molecule has 2 rings (SSSR count). The van der Waals surface area contributed by atoms with Crippen molar-refractivity contribution in [1.82, 2.24) is 10.2 Å². The van der Waals surface area contributed by atoms with Gasteiger partial charge in [0.05, 0.1) is 12.5 Å². The van der Waals surface area contributed by atoms with Crippen molar-refractivity contribution in [3.05, 3.63) is 0 Å². The van der Waals surface area contributed by atoms with Crippen LogP contribution in [0.4, 0.5) is 0 Å². The Morgan fingerprint density at radius 3 is 2.72 bits per heavy atom. The molecule has 0 aromatic carbocycles. The number of amides is 1. The van der Waals surface area contributed by atoms with Gasteiger partial charge in [-0.15, -0.1) is 0 Å². The quantitative estimate of drug-likeness (QED) is 0.424. The van der Waals surface area contributed by atoms with E-state index in [4.69, 9.17) is 22.1 Å². The van der Waals surface area contributed by atoms with Gasteiger partial charge in [-0.3, -0.25) is 4.79 Å². The molecule has 0 bridgehead atoms. The fraction of sp³-hybridized carbons (Fsp3) is 0.800. The number of carbonyl (C=O) groups excluding carboxylic acids is 1. The fourth-order valence-electron chi connectivity index (χ4n) is 2.12. The second-order valence-corrected chi connectivity index (χ2v) is 4.96. The van der Waals surface area contributed by atoms with Crippen molar-refractivity contribution >= 4 is 23.2 Å². The molecule has 5 atom stereocenters. The summed E-state index contributed by atoms with van der Waals surface area (Å²) in [4.78, 5) is 12.9. The summed E-state index contributed by atoms with van der Waals surface area (Å²) in [6.07, 6.45) is -4.05. The van der Waals surface area contributed by atoms with Crippen LogP contribution in [0.1, 0.15) is 6.92 Å². The topological polar surface area (TPSA) is 102 Å². The molecule has 2 aliphatic rings. The van der Waals surface area contributed by atoms with Crippen LogP contribution < -0.4 is 5.32 Å². The Hall–Kier alpha value is -0.800. The van der Waals surface area contributed by atoms with Crippen molar-refractivity contribution < 1.29 is 24.9 Å². The number of ether oxygens (including phenoxy) is 1. The number of aliphatic hydroxyl groups is 3. The van der Waals surface area contributed by atoms with Gasteiger partial charge >= 0.3 is 0 Å². The van der Waals surface area contributed by atoms with Crippen LogP contribution in [-0.4, -0.2) is 68.9 Å². The average molecular weight is 276 g/mol. The van der Waals surface area contributed by atoms with Crippen LogP contribution in [0.5, 0.6) is 0 Å². The molecule has 2 saturated heterocycles. The molecule has 0 saturated carbocycles. The van der Waals surface area contributed by atoms with Crippen LogP contribution in [0.3, 0.4) is 0 Å². The molecule has 0 aliphatic carbocycles. The van der Waals surface area contributed by atoms with Crippen LogP contribution >= 0.6 is 12.2 Å². The number of nitrogens with one attached hydrogen (secondary N) is 1. The Bertz CT molecular complexity index is 366. The maximum Gasteiger partial charge on any atom is 0.230 e. The van der Waals surface area contributed by atoms with Crippen LogP contribution in [0.2, 0.25) is 0 Å². The number of nitrogens with zero attached hydrogens (tertiary/aromatic N) is 1. The van der Waals surface area contributed by atoms with Gasteiger partial charge in [0.2, 0.25) is 5.91 Å². The van der Waals surface area contributed by atoms with E-state index in [9.17, 15) is 15.0 Å². The van der Waals surface area contributed by atoms with Gasteiger partial charge in [-0.25, -0.2) is 0 Å². The van der Waals surface area contributed by atoms with Crippen molar-refractivity contribution in [2.45, 2.75) is 31.5 Å². The lowest BCUT2D eigenvalue weighted by Crippen LogP contribution is -2.59. The molecule has 4 N–H and O–H groups in total. The van der Waals surface area contributed by atoms with E-state index in [-0.39, 0.29) is 16.9 Å². The van der Waals surface area contributed by atoms with Crippen molar-refractivity contribution in [3.8, 4) is 0 Å². The van der Waals surface area contributed by atoms with E-state index in [1.54, 1.807) is 6.92 Å². The third-order valence-corrected chi connectivity index (χ3v) is 3.57. The molecule has 8 heteroatoms. The van der Waals surface area contributed by atoms with Crippen LogP contribution in [-0.2, 0) is 9.53 Å². The van der Waals surface area contributed by atoms with Gasteiger partial charge in [0.15, 0.2) is 11.3 Å². The zero-order valence-electron chi connectivity index (χ0n) is 9.81. The van der Waals surface area contributed by atoms with Gasteiger partial charge in [0.1, 0.15) is 18.3 Å². The molecule has 102 valence electrons. The standard InChI is InChI=1S/C10H16N2O5S/c1-4-2-12(10(18)11-8(4)16)9-7(15)6(14)5(3-13)17-9/h4-7,9,13-15H,2-3H2,1H3,(H,11,16,18). The average Bonchev–Trinajstić information content (AvgIpc) is 2.61. The highest BCUT2D eigenvalue weighted by atomic mass is 32.1. The minimum Gasteiger partial charge on any atom is -0.394 e. The largest absolute Gasteiger partial charge is 0.394 e.